The van der Waals surface area contributed by atoms with Crippen molar-refractivity contribution < 1.29 is 61.0 Å². The second-order valence-electron chi connectivity index (χ2n) is 6.45. The van der Waals surface area contributed by atoms with Crippen LogP contribution < -0.4 is 11.4 Å². The highest BCUT2D eigenvalue weighted by molar-refractivity contribution is 7.66. The Morgan fingerprint density at radius 1 is 1.23 bits per heavy atom. The van der Waals surface area contributed by atoms with Gasteiger partial charge >= 0.3 is 29.2 Å². The third-order valence-corrected chi connectivity index (χ3v) is 8.16. The largest absolute Gasteiger partial charge is 0.490 e. The number of phosphoric ester groups is 1. The Labute approximate surface area is 172 Å². The van der Waals surface area contributed by atoms with Crippen LogP contribution in [-0.2, 0) is 36.3 Å². The standard InChI is InChI=1S/C11H18N3O14P3/c12-7-1-3-14(10(16)13-7)9-11(2-4-24-11)8(15)6(26-9)5-25-30(20,21)28-31(22,23)27-29(17,18)19/h1,3,6,8-9,15H,2,4-5H2,(H,20,21)(H,22,23)(H2,12,13,16)(H2,17,18,19)/t6-,8-,9-,11+/m1/s1. The van der Waals surface area contributed by atoms with E-state index in [1.165, 1.54) is 12.3 Å². The number of phosphoric acid groups is 3. The minimum Gasteiger partial charge on any atom is -0.387 e. The summed E-state index contributed by atoms with van der Waals surface area (Å²) in [6.45, 7) is -0.694. The lowest BCUT2D eigenvalue weighted by molar-refractivity contribution is -0.227. The second-order valence-corrected chi connectivity index (χ2v) is 10.9. The van der Waals surface area contributed by atoms with Crippen molar-refractivity contribution in [2.75, 3.05) is 18.9 Å². The van der Waals surface area contributed by atoms with Gasteiger partial charge in [-0.1, -0.05) is 0 Å². The molecule has 31 heavy (non-hydrogen) atoms. The van der Waals surface area contributed by atoms with Gasteiger partial charge in [-0.3, -0.25) is 9.09 Å². The molecule has 1 aromatic heterocycles. The van der Waals surface area contributed by atoms with Gasteiger partial charge in [0.25, 0.3) is 0 Å². The van der Waals surface area contributed by atoms with Gasteiger partial charge in [0.2, 0.25) is 0 Å². The van der Waals surface area contributed by atoms with Gasteiger partial charge in [-0.2, -0.15) is 13.6 Å². The van der Waals surface area contributed by atoms with Gasteiger partial charge in [0.15, 0.2) is 6.23 Å². The molecule has 1 aromatic rings. The normalized spacial score (nSPS) is 32.4. The fraction of sp³-hybridized carbons (Fsp3) is 0.636. The summed E-state index contributed by atoms with van der Waals surface area (Å²) in [6, 6.07) is 1.29. The molecular formula is C11H18N3O14P3. The molecule has 3 heterocycles. The highest BCUT2D eigenvalue weighted by atomic mass is 31.3. The zero-order valence-corrected chi connectivity index (χ0v) is 17.9. The van der Waals surface area contributed by atoms with Crippen molar-refractivity contribution in [3.05, 3.63) is 22.7 Å². The van der Waals surface area contributed by atoms with Crippen LogP contribution in [0.2, 0.25) is 0 Å². The van der Waals surface area contributed by atoms with E-state index in [1.54, 1.807) is 0 Å². The van der Waals surface area contributed by atoms with Crippen molar-refractivity contribution in [2.45, 2.75) is 30.5 Å². The number of ether oxygens (including phenoxy) is 2. The lowest BCUT2D eigenvalue weighted by atomic mass is 9.86. The molecule has 176 valence electrons. The highest BCUT2D eigenvalue weighted by Gasteiger charge is 2.62. The summed E-state index contributed by atoms with van der Waals surface area (Å²) in [6.07, 6.45) is -2.61. The summed E-state index contributed by atoms with van der Waals surface area (Å²) in [5.41, 5.74) is 3.21. The average Bonchev–Trinajstić information content (AvgIpc) is 2.82. The minimum absolute atomic E-state index is 0.0624. The van der Waals surface area contributed by atoms with Gasteiger partial charge in [0, 0.05) is 12.6 Å². The fourth-order valence-electron chi connectivity index (χ4n) is 3.09. The number of hydrogen-bond acceptors (Lipinski definition) is 12. The molecule has 20 heteroatoms. The van der Waals surface area contributed by atoms with E-state index in [-0.39, 0.29) is 18.8 Å². The van der Waals surface area contributed by atoms with E-state index in [4.69, 9.17) is 29.9 Å². The van der Waals surface area contributed by atoms with Gasteiger partial charge in [-0.15, -0.1) is 0 Å². The molecule has 3 rings (SSSR count). The summed E-state index contributed by atoms with van der Waals surface area (Å²) >= 11 is 0. The zero-order chi connectivity index (χ0) is 23.2. The molecule has 6 atom stereocenters. The first-order valence-corrected chi connectivity index (χ1v) is 12.8. The quantitative estimate of drug-likeness (QED) is 0.220. The number of aliphatic hydroxyl groups excluding tert-OH is 1. The molecule has 2 saturated heterocycles. The predicted octanol–water partition coefficient (Wildman–Crippen LogP) is -1.41. The van der Waals surface area contributed by atoms with E-state index >= 15 is 0 Å². The fourth-order valence-corrected chi connectivity index (χ4v) is 6.12. The molecule has 7 N–H and O–H groups in total. The third-order valence-electron chi connectivity index (χ3n) is 4.36. The SMILES string of the molecule is Nc1ccn([C@@H]2O[C@H](COP(=O)(O)OP(=O)(O)OP(=O)(O)O)[C@@H](O)[C@@]23CCO3)c(=O)n1. The van der Waals surface area contributed by atoms with Gasteiger partial charge in [0.05, 0.1) is 13.2 Å². The van der Waals surface area contributed by atoms with Crippen LogP contribution in [0.15, 0.2) is 17.1 Å². The van der Waals surface area contributed by atoms with Gasteiger partial charge in [0.1, 0.15) is 23.6 Å². The van der Waals surface area contributed by atoms with Crippen molar-refractivity contribution in [3.63, 3.8) is 0 Å². The number of nitrogen functional groups attached to an aromatic ring is 1. The van der Waals surface area contributed by atoms with E-state index < -0.39 is 59.8 Å². The van der Waals surface area contributed by atoms with Crippen LogP contribution in [0.25, 0.3) is 0 Å². The molecule has 0 saturated carbocycles. The number of anilines is 1. The van der Waals surface area contributed by atoms with Crippen molar-refractivity contribution >= 4 is 29.3 Å². The summed E-state index contributed by atoms with van der Waals surface area (Å²) in [5.74, 6) is -0.0624. The molecule has 0 bridgehead atoms. The Bertz CT molecular complexity index is 1040. The highest BCUT2D eigenvalue weighted by Crippen LogP contribution is 2.66. The number of aliphatic hydroxyl groups is 1. The van der Waals surface area contributed by atoms with Gasteiger partial charge in [-0.05, 0) is 6.07 Å². The number of aromatic nitrogens is 2. The third kappa shape index (κ3) is 5.49. The van der Waals surface area contributed by atoms with E-state index in [9.17, 15) is 28.5 Å². The van der Waals surface area contributed by atoms with Crippen LogP contribution in [-0.4, -0.2) is 65.3 Å². The topological polar surface area (TPSA) is 259 Å². The molecule has 0 amide bonds. The first-order valence-electron chi connectivity index (χ1n) is 8.25. The van der Waals surface area contributed by atoms with Crippen LogP contribution in [0.3, 0.4) is 0 Å². The zero-order valence-electron chi connectivity index (χ0n) is 15.2. The maximum Gasteiger partial charge on any atom is 0.490 e. The lowest BCUT2D eigenvalue weighted by Crippen LogP contribution is -2.57. The van der Waals surface area contributed by atoms with Crippen LogP contribution in [0.5, 0.6) is 0 Å². The Morgan fingerprint density at radius 2 is 1.87 bits per heavy atom. The van der Waals surface area contributed by atoms with E-state index in [1.807, 2.05) is 0 Å². The maximum absolute atomic E-state index is 12.1. The monoisotopic (exact) mass is 509 g/mol. The van der Waals surface area contributed by atoms with E-state index in [0.29, 0.717) is 0 Å². The van der Waals surface area contributed by atoms with Crippen molar-refractivity contribution in [2.24, 2.45) is 0 Å². The summed E-state index contributed by atoms with van der Waals surface area (Å²) in [5, 5.41) is 10.6. The Hall–Kier alpha value is -1.03. The van der Waals surface area contributed by atoms with E-state index in [2.05, 4.69) is 18.1 Å². The lowest BCUT2D eigenvalue weighted by Gasteiger charge is -2.44. The summed E-state index contributed by atoms with van der Waals surface area (Å²) in [4.78, 5) is 51.4. The van der Waals surface area contributed by atoms with E-state index in [0.717, 1.165) is 4.57 Å². The van der Waals surface area contributed by atoms with Crippen molar-refractivity contribution in [1.29, 1.82) is 0 Å². The smallest absolute Gasteiger partial charge is 0.387 e. The molecule has 2 unspecified atom stereocenters. The molecule has 0 aromatic carbocycles. The van der Waals surface area contributed by atoms with Gasteiger partial charge < -0.3 is 39.9 Å². The molecule has 0 radical (unpaired) electrons. The van der Waals surface area contributed by atoms with Crippen molar-refractivity contribution in [1.82, 2.24) is 9.55 Å². The number of nitrogens with zero attached hydrogens (tertiary/aromatic N) is 2. The number of hydrogen-bond donors (Lipinski definition) is 6. The van der Waals surface area contributed by atoms with Crippen molar-refractivity contribution in [3.8, 4) is 0 Å². The molecule has 2 aliphatic heterocycles. The van der Waals surface area contributed by atoms with Crippen LogP contribution in [0.4, 0.5) is 5.82 Å². The van der Waals surface area contributed by atoms with Gasteiger partial charge in [-0.25, -0.2) is 18.5 Å². The first-order chi connectivity index (χ1) is 14.1. The Balaban J connectivity index is 1.72. The maximum atomic E-state index is 12.1. The number of rotatable bonds is 8. The molecule has 1 spiro atoms. The second kappa shape index (κ2) is 8.39. The Morgan fingerprint density at radius 3 is 2.39 bits per heavy atom. The average molecular weight is 509 g/mol. The molecular weight excluding hydrogens is 491 g/mol. The molecule has 17 nitrogen and oxygen atoms in total. The summed E-state index contributed by atoms with van der Waals surface area (Å²) < 4.78 is 57.5. The first kappa shape index (κ1) is 24.6. The number of nitrogens with two attached hydrogens (primary N) is 1. The summed E-state index contributed by atoms with van der Waals surface area (Å²) in [7, 11) is -16.7. The molecule has 2 aliphatic rings. The molecule has 0 aliphatic carbocycles. The van der Waals surface area contributed by atoms with Crippen LogP contribution in [0, 0.1) is 0 Å². The minimum atomic E-state index is -5.70. The van der Waals surface area contributed by atoms with Crippen LogP contribution >= 0.6 is 23.5 Å². The Kier molecular flexibility index (Phi) is 6.66. The molecule has 2 fully saturated rings. The van der Waals surface area contributed by atoms with Crippen LogP contribution in [0.1, 0.15) is 12.6 Å². The predicted molar refractivity (Wildman–Crippen MR) is 95.9 cm³/mol.